The number of nitrogens with zero attached hydrogens (tertiary/aromatic N) is 1. The maximum atomic E-state index is 12.5. The van der Waals surface area contributed by atoms with Crippen molar-refractivity contribution in [2.45, 2.75) is 20.3 Å². The van der Waals surface area contributed by atoms with Crippen molar-refractivity contribution in [3.8, 4) is 5.75 Å². The first-order chi connectivity index (χ1) is 12.3. The highest BCUT2D eigenvalue weighted by atomic mass is 32.2. The Morgan fingerprint density at radius 3 is 2.50 bits per heavy atom. The highest BCUT2D eigenvalue weighted by Crippen LogP contribution is 2.33. The fraction of sp³-hybridized carbons (Fsp3) is 0.316. The van der Waals surface area contributed by atoms with Gasteiger partial charge in [0.05, 0.1) is 24.2 Å². The molecule has 1 aliphatic heterocycles. The molecule has 2 aromatic carbocycles. The Hall–Kier alpha value is -2.54. The second-order valence-corrected chi connectivity index (χ2v) is 8.39. The number of carbonyl (C=O) groups excluding carboxylic acids is 1. The van der Waals surface area contributed by atoms with Crippen molar-refractivity contribution in [3.63, 3.8) is 0 Å². The van der Waals surface area contributed by atoms with Crippen LogP contribution in [0.2, 0.25) is 0 Å². The summed E-state index contributed by atoms with van der Waals surface area (Å²) in [5.74, 6) is 0.329. The molecule has 1 heterocycles. The highest BCUT2D eigenvalue weighted by molar-refractivity contribution is 7.93. The Morgan fingerprint density at radius 1 is 1.12 bits per heavy atom. The Kier molecular flexibility index (Phi) is 4.91. The minimum absolute atomic E-state index is 0.153. The van der Waals surface area contributed by atoms with E-state index < -0.39 is 10.0 Å². The molecule has 0 spiro atoms. The van der Waals surface area contributed by atoms with E-state index in [1.807, 2.05) is 26.0 Å². The molecule has 3 rings (SSSR count). The van der Waals surface area contributed by atoms with E-state index in [9.17, 15) is 13.2 Å². The zero-order valence-corrected chi connectivity index (χ0v) is 15.9. The topological polar surface area (TPSA) is 75.7 Å². The number of rotatable bonds is 4. The monoisotopic (exact) mass is 374 g/mol. The summed E-state index contributed by atoms with van der Waals surface area (Å²) in [6.45, 7) is 4.41. The molecule has 1 saturated heterocycles. The average Bonchev–Trinajstić information content (AvgIpc) is 2.96. The second kappa shape index (κ2) is 6.99. The maximum absolute atomic E-state index is 12.5. The lowest BCUT2D eigenvalue weighted by Crippen LogP contribution is -2.25. The Balaban J connectivity index is 1.86. The third-order valence-corrected chi connectivity index (χ3v) is 6.46. The minimum Gasteiger partial charge on any atom is -0.494 e. The number of hydrogen-bond donors (Lipinski definition) is 1. The van der Waals surface area contributed by atoms with E-state index in [-0.39, 0.29) is 11.7 Å². The van der Waals surface area contributed by atoms with Gasteiger partial charge in [-0.2, -0.15) is 0 Å². The van der Waals surface area contributed by atoms with Gasteiger partial charge in [0, 0.05) is 18.2 Å². The molecule has 0 aromatic heterocycles. The van der Waals surface area contributed by atoms with E-state index in [1.165, 1.54) is 11.4 Å². The molecular formula is C19H22N2O4S. The highest BCUT2D eigenvalue weighted by Gasteiger charge is 2.29. The fourth-order valence-electron chi connectivity index (χ4n) is 2.94. The van der Waals surface area contributed by atoms with Gasteiger partial charge < -0.3 is 10.1 Å². The number of hydrogen-bond acceptors (Lipinski definition) is 4. The predicted molar refractivity (Wildman–Crippen MR) is 103 cm³/mol. The quantitative estimate of drug-likeness (QED) is 0.892. The number of nitrogens with one attached hydrogen (secondary N) is 1. The number of aryl methyl sites for hydroxylation is 2. The maximum Gasteiger partial charge on any atom is 0.255 e. The fourth-order valence-corrected chi connectivity index (χ4v) is 4.50. The number of carbonyl (C=O) groups is 1. The average molecular weight is 374 g/mol. The van der Waals surface area contributed by atoms with Crippen LogP contribution in [0.25, 0.3) is 0 Å². The number of benzene rings is 2. The normalized spacial score (nSPS) is 15.7. The lowest BCUT2D eigenvalue weighted by Gasteiger charge is -2.19. The zero-order chi connectivity index (χ0) is 18.9. The smallest absolute Gasteiger partial charge is 0.255 e. The van der Waals surface area contributed by atoms with Crippen LogP contribution in [-0.2, 0) is 10.0 Å². The van der Waals surface area contributed by atoms with Gasteiger partial charge in [0.2, 0.25) is 10.0 Å². The van der Waals surface area contributed by atoms with Gasteiger partial charge in [0.15, 0.2) is 0 Å². The van der Waals surface area contributed by atoms with Crippen LogP contribution in [0.15, 0.2) is 36.4 Å². The standard InChI is InChI=1S/C19H22N2O4S/c1-13-5-6-15(11-14(13)2)19(22)20-17-8-7-16(12-18(17)25-3)21-9-4-10-26(21,23)24/h5-8,11-12H,4,9-10H2,1-3H3,(H,20,22). The van der Waals surface area contributed by atoms with E-state index in [0.717, 1.165) is 11.1 Å². The second-order valence-electron chi connectivity index (χ2n) is 6.38. The van der Waals surface area contributed by atoms with Gasteiger partial charge in [-0.05, 0) is 55.7 Å². The largest absolute Gasteiger partial charge is 0.494 e. The summed E-state index contributed by atoms with van der Waals surface area (Å²) in [6, 6.07) is 10.5. The van der Waals surface area contributed by atoms with Crippen LogP contribution in [0.4, 0.5) is 11.4 Å². The summed E-state index contributed by atoms with van der Waals surface area (Å²) in [5.41, 5.74) is 3.76. The van der Waals surface area contributed by atoms with Crippen LogP contribution in [0.3, 0.4) is 0 Å². The van der Waals surface area contributed by atoms with Gasteiger partial charge in [0.1, 0.15) is 5.75 Å². The van der Waals surface area contributed by atoms with Gasteiger partial charge in [0.25, 0.3) is 5.91 Å². The molecular weight excluding hydrogens is 352 g/mol. The molecule has 1 aliphatic rings. The molecule has 0 saturated carbocycles. The van der Waals surface area contributed by atoms with E-state index in [4.69, 9.17) is 4.74 Å². The van der Waals surface area contributed by atoms with E-state index in [0.29, 0.717) is 35.7 Å². The van der Waals surface area contributed by atoms with Gasteiger partial charge in [-0.3, -0.25) is 9.10 Å². The summed E-state index contributed by atoms with van der Waals surface area (Å²) < 4.78 is 30.9. The number of ether oxygens (including phenoxy) is 1. The van der Waals surface area contributed by atoms with Gasteiger partial charge in [-0.15, -0.1) is 0 Å². The molecule has 2 aromatic rings. The van der Waals surface area contributed by atoms with E-state index >= 15 is 0 Å². The third kappa shape index (κ3) is 3.53. The summed E-state index contributed by atoms with van der Waals surface area (Å²) in [6.07, 6.45) is 0.607. The summed E-state index contributed by atoms with van der Waals surface area (Å²) in [7, 11) is -1.77. The molecule has 0 aliphatic carbocycles. The zero-order valence-electron chi connectivity index (χ0n) is 15.1. The summed E-state index contributed by atoms with van der Waals surface area (Å²) in [5, 5.41) is 2.83. The lowest BCUT2D eigenvalue weighted by molar-refractivity contribution is 0.102. The summed E-state index contributed by atoms with van der Waals surface area (Å²) >= 11 is 0. The van der Waals surface area contributed by atoms with Gasteiger partial charge in [-0.1, -0.05) is 6.07 Å². The molecule has 0 radical (unpaired) electrons. The first kappa shape index (κ1) is 18.3. The minimum atomic E-state index is -3.26. The SMILES string of the molecule is COc1cc(N2CCCS2(=O)=O)ccc1NC(=O)c1ccc(C)c(C)c1. The molecule has 1 amide bonds. The first-order valence-corrected chi connectivity index (χ1v) is 10.00. The third-order valence-electron chi connectivity index (χ3n) is 4.59. The van der Waals surface area contributed by atoms with E-state index in [2.05, 4.69) is 5.32 Å². The summed E-state index contributed by atoms with van der Waals surface area (Å²) in [4.78, 5) is 12.5. The van der Waals surface area contributed by atoms with Crippen molar-refractivity contribution in [1.29, 1.82) is 0 Å². The predicted octanol–water partition coefficient (Wildman–Crippen LogP) is 3.10. The molecule has 0 atom stereocenters. The van der Waals surface area contributed by atoms with E-state index in [1.54, 1.807) is 24.3 Å². The van der Waals surface area contributed by atoms with Gasteiger partial charge >= 0.3 is 0 Å². The first-order valence-electron chi connectivity index (χ1n) is 8.39. The lowest BCUT2D eigenvalue weighted by atomic mass is 10.1. The molecule has 7 heteroatoms. The number of sulfonamides is 1. The van der Waals surface area contributed by atoms with Crippen LogP contribution in [0, 0.1) is 13.8 Å². The van der Waals surface area contributed by atoms with Gasteiger partial charge in [-0.25, -0.2) is 8.42 Å². The number of methoxy groups -OCH3 is 1. The van der Waals surface area contributed by atoms with Crippen molar-refractivity contribution in [2.75, 3.05) is 29.0 Å². The molecule has 1 N–H and O–H groups in total. The molecule has 138 valence electrons. The van der Waals surface area contributed by atoms with Crippen molar-refractivity contribution in [2.24, 2.45) is 0 Å². The molecule has 0 bridgehead atoms. The van der Waals surface area contributed by atoms with Crippen LogP contribution < -0.4 is 14.4 Å². The van der Waals surface area contributed by atoms with Crippen LogP contribution in [0.1, 0.15) is 27.9 Å². The van der Waals surface area contributed by atoms with Crippen molar-refractivity contribution < 1.29 is 17.9 Å². The Labute approximate surface area is 153 Å². The Bertz CT molecular complexity index is 954. The molecule has 0 unspecified atom stereocenters. The Morgan fingerprint density at radius 2 is 1.88 bits per heavy atom. The number of amides is 1. The van der Waals surface area contributed by atoms with Crippen LogP contribution in [0.5, 0.6) is 5.75 Å². The molecule has 26 heavy (non-hydrogen) atoms. The van der Waals surface area contributed by atoms with Crippen LogP contribution >= 0.6 is 0 Å². The van der Waals surface area contributed by atoms with Crippen molar-refractivity contribution >= 4 is 27.3 Å². The van der Waals surface area contributed by atoms with Crippen molar-refractivity contribution in [1.82, 2.24) is 0 Å². The molecule has 6 nitrogen and oxygen atoms in total. The van der Waals surface area contributed by atoms with Crippen LogP contribution in [-0.4, -0.2) is 33.7 Å². The van der Waals surface area contributed by atoms with Crippen molar-refractivity contribution in [3.05, 3.63) is 53.1 Å². The molecule has 1 fully saturated rings. The number of anilines is 2.